The van der Waals surface area contributed by atoms with Crippen molar-refractivity contribution in [3.05, 3.63) is 72.3 Å². The van der Waals surface area contributed by atoms with E-state index in [-0.39, 0.29) is 5.91 Å². The Morgan fingerprint density at radius 3 is 2.62 bits per heavy atom. The number of nitrogens with zero attached hydrogens (tertiary/aromatic N) is 2. The largest absolute Gasteiger partial charge is 0.365 e. The summed E-state index contributed by atoms with van der Waals surface area (Å²) in [6, 6.07) is 22.8. The van der Waals surface area contributed by atoms with E-state index in [0.29, 0.717) is 6.54 Å². The standard InChI is InChI=1S/C21H20N2O/c1-22(19-11-10-16-6-2-3-8-18(16)14-19)15-21(24)23-13-12-17-7-4-5-9-20(17)23/h2-11,14H,12-13,15H2,1H3. The molecule has 0 aromatic heterocycles. The molecule has 120 valence electrons. The molecule has 3 aromatic carbocycles. The molecule has 0 bridgehead atoms. The summed E-state index contributed by atoms with van der Waals surface area (Å²) in [4.78, 5) is 16.7. The number of fused-ring (bicyclic) bond motifs is 2. The highest BCUT2D eigenvalue weighted by Crippen LogP contribution is 2.28. The summed E-state index contributed by atoms with van der Waals surface area (Å²) in [6.45, 7) is 1.16. The van der Waals surface area contributed by atoms with Gasteiger partial charge in [-0.05, 0) is 41.0 Å². The normalized spacial score (nSPS) is 13.1. The number of rotatable bonds is 3. The van der Waals surface area contributed by atoms with Crippen LogP contribution in [0.15, 0.2) is 66.7 Å². The lowest BCUT2D eigenvalue weighted by Crippen LogP contribution is -2.38. The van der Waals surface area contributed by atoms with E-state index < -0.39 is 0 Å². The second-order valence-corrected chi connectivity index (χ2v) is 6.31. The quantitative estimate of drug-likeness (QED) is 0.732. The summed E-state index contributed by atoms with van der Waals surface area (Å²) >= 11 is 0. The summed E-state index contributed by atoms with van der Waals surface area (Å²) < 4.78 is 0. The third-order valence-electron chi connectivity index (χ3n) is 4.73. The molecular weight excluding hydrogens is 296 g/mol. The minimum atomic E-state index is 0.149. The van der Waals surface area contributed by atoms with Crippen molar-refractivity contribution in [1.82, 2.24) is 0 Å². The monoisotopic (exact) mass is 316 g/mol. The maximum atomic E-state index is 12.7. The molecule has 3 nitrogen and oxygen atoms in total. The van der Waals surface area contributed by atoms with Gasteiger partial charge in [0.25, 0.3) is 0 Å². The van der Waals surface area contributed by atoms with Gasteiger partial charge in [0.15, 0.2) is 0 Å². The van der Waals surface area contributed by atoms with Gasteiger partial charge < -0.3 is 9.80 Å². The zero-order chi connectivity index (χ0) is 16.5. The SMILES string of the molecule is CN(CC(=O)N1CCc2ccccc21)c1ccc2ccccc2c1. The van der Waals surface area contributed by atoms with Crippen LogP contribution in [0.4, 0.5) is 11.4 Å². The zero-order valence-corrected chi connectivity index (χ0v) is 13.8. The van der Waals surface area contributed by atoms with Crippen LogP contribution in [0.5, 0.6) is 0 Å². The van der Waals surface area contributed by atoms with Gasteiger partial charge in [-0.3, -0.25) is 4.79 Å². The molecule has 0 aliphatic carbocycles. The maximum Gasteiger partial charge on any atom is 0.246 e. The van der Waals surface area contributed by atoms with Gasteiger partial charge in [0, 0.05) is 25.0 Å². The fraction of sp³-hybridized carbons (Fsp3) is 0.190. The summed E-state index contributed by atoms with van der Waals surface area (Å²) in [5, 5.41) is 2.41. The molecule has 1 amide bonds. The van der Waals surface area contributed by atoms with Gasteiger partial charge >= 0.3 is 0 Å². The highest BCUT2D eigenvalue weighted by Gasteiger charge is 2.24. The Kier molecular flexibility index (Phi) is 3.69. The van der Waals surface area contributed by atoms with E-state index in [2.05, 4.69) is 36.4 Å². The van der Waals surface area contributed by atoms with Crippen LogP contribution >= 0.6 is 0 Å². The van der Waals surface area contributed by atoms with Crippen LogP contribution in [0.1, 0.15) is 5.56 Å². The maximum absolute atomic E-state index is 12.7. The first-order valence-electron chi connectivity index (χ1n) is 8.30. The summed E-state index contributed by atoms with van der Waals surface area (Å²) in [7, 11) is 1.98. The minimum Gasteiger partial charge on any atom is -0.365 e. The minimum absolute atomic E-state index is 0.149. The van der Waals surface area contributed by atoms with Crippen molar-refractivity contribution < 1.29 is 4.79 Å². The van der Waals surface area contributed by atoms with Crippen LogP contribution in [-0.4, -0.2) is 26.0 Å². The molecule has 1 aliphatic rings. The van der Waals surface area contributed by atoms with Crippen LogP contribution in [0.25, 0.3) is 10.8 Å². The van der Waals surface area contributed by atoms with E-state index in [1.807, 2.05) is 47.2 Å². The zero-order valence-electron chi connectivity index (χ0n) is 13.8. The first-order valence-corrected chi connectivity index (χ1v) is 8.30. The Bertz CT molecular complexity index is 903. The van der Waals surface area contributed by atoms with Crippen LogP contribution < -0.4 is 9.80 Å². The number of amides is 1. The number of benzene rings is 3. The van der Waals surface area contributed by atoms with E-state index in [9.17, 15) is 4.79 Å². The first kappa shape index (κ1) is 14.8. The van der Waals surface area contributed by atoms with Crippen LogP contribution in [0.2, 0.25) is 0 Å². The molecule has 3 heteroatoms. The van der Waals surface area contributed by atoms with Gasteiger partial charge in [-0.25, -0.2) is 0 Å². The second kappa shape index (κ2) is 6.00. The topological polar surface area (TPSA) is 23.6 Å². The number of anilines is 2. The first-order chi connectivity index (χ1) is 11.7. The van der Waals surface area contributed by atoms with Crippen molar-refractivity contribution in [2.45, 2.75) is 6.42 Å². The van der Waals surface area contributed by atoms with Crippen molar-refractivity contribution in [2.24, 2.45) is 0 Å². The van der Waals surface area contributed by atoms with Gasteiger partial charge in [-0.1, -0.05) is 48.5 Å². The van der Waals surface area contributed by atoms with Gasteiger partial charge in [-0.2, -0.15) is 0 Å². The number of para-hydroxylation sites is 1. The van der Waals surface area contributed by atoms with E-state index in [4.69, 9.17) is 0 Å². The summed E-state index contributed by atoms with van der Waals surface area (Å²) in [5.41, 5.74) is 3.39. The molecule has 0 saturated carbocycles. The van der Waals surface area contributed by atoms with Crippen LogP contribution in [-0.2, 0) is 11.2 Å². The molecule has 1 heterocycles. The summed E-state index contributed by atoms with van der Waals surface area (Å²) in [5.74, 6) is 0.149. The molecule has 0 fully saturated rings. The summed E-state index contributed by atoms with van der Waals surface area (Å²) in [6.07, 6.45) is 0.946. The lowest BCUT2D eigenvalue weighted by Gasteiger charge is -2.24. The highest BCUT2D eigenvalue weighted by atomic mass is 16.2. The molecule has 0 spiro atoms. The molecule has 0 N–H and O–H groups in total. The van der Waals surface area contributed by atoms with E-state index in [1.165, 1.54) is 16.3 Å². The molecule has 0 radical (unpaired) electrons. The number of hydrogen-bond donors (Lipinski definition) is 0. The molecule has 0 saturated heterocycles. The third kappa shape index (κ3) is 2.62. The average Bonchev–Trinajstić information content (AvgIpc) is 3.05. The highest BCUT2D eigenvalue weighted by molar-refractivity contribution is 5.98. The van der Waals surface area contributed by atoms with Crippen molar-refractivity contribution in [3.63, 3.8) is 0 Å². The van der Waals surface area contributed by atoms with E-state index in [1.54, 1.807) is 0 Å². The predicted octanol–water partition coefficient (Wildman–Crippen LogP) is 3.87. The molecule has 0 unspecified atom stereocenters. The molecule has 0 atom stereocenters. The third-order valence-corrected chi connectivity index (χ3v) is 4.73. The number of likely N-dealkylation sites (N-methyl/N-ethyl adjacent to an activating group) is 1. The lowest BCUT2D eigenvalue weighted by molar-refractivity contribution is -0.117. The average molecular weight is 316 g/mol. The Labute approximate surface area is 142 Å². The molecule has 1 aliphatic heterocycles. The van der Waals surface area contributed by atoms with Crippen molar-refractivity contribution in [2.75, 3.05) is 29.9 Å². The van der Waals surface area contributed by atoms with Crippen LogP contribution in [0.3, 0.4) is 0 Å². The molecule has 3 aromatic rings. The van der Waals surface area contributed by atoms with E-state index in [0.717, 1.165) is 24.3 Å². The fourth-order valence-corrected chi connectivity index (χ4v) is 3.39. The molecular formula is C21H20N2O. The Hall–Kier alpha value is -2.81. The smallest absolute Gasteiger partial charge is 0.246 e. The van der Waals surface area contributed by atoms with Gasteiger partial charge in [0.05, 0.1) is 6.54 Å². The predicted molar refractivity (Wildman–Crippen MR) is 99.7 cm³/mol. The Balaban J connectivity index is 1.53. The van der Waals surface area contributed by atoms with Gasteiger partial charge in [0.1, 0.15) is 0 Å². The number of carbonyl (C=O) groups excluding carboxylic acids is 1. The number of carbonyl (C=O) groups is 1. The molecule has 4 rings (SSSR count). The van der Waals surface area contributed by atoms with Crippen LogP contribution in [0, 0.1) is 0 Å². The van der Waals surface area contributed by atoms with Crippen molar-refractivity contribution in [1.29, 1.82) is 0 Å². The molecule has 24 heavy (non-hydrogen) atoms. The fourth-order valence-electron chi connectivity index (χ4n) is 3.39. The van der Waals surface area contributed by atoms with Crippen molar-refractivity contribution >= 4 is 28.1 Å². The number of hydrogen-bond acceptors (Lipinski definition) is 2. The second-order valence-electron chi connectivity index (χ2n) is 6.31. The van der Waals surface area contributed by atoms with E-state index >= 15 is 0 Å². The van der Waals surface area contributed by atoms with Crippen molar-refractivity contribution in [3.8, 4) is 0 Å². The Morgan fingerprint density at radius 1 is 1.00 bits per heavy atom. The Morgan fingerprint density at radius 2 is 1.75 bits per heavy atom. The van der Waals surface area contributed by atoms with Gasteiger partial charge in [-0.15, -0.1) is 0 Å². The lowest BCUT2D eigenvalue weighted by atomic mass is 10.1. The van der Waals surface area contributed by atoms with Gasteiger partial charge in [0.2, 0.25) is 5.91 Å².